The van der Waals surface area contributed by atoms with Crippen LogP contribution in [0.3, 0.4) is 0 Å². The summed E-state index contributed by atoms with van der Waals surface area (Å²) in [5.41, 5.74) is 1.44. The van der Waals surface area contributed by atoms with Gasteiger partial charge in [-0.2, -0.15) is 0 Å². The normalized spacial score (nSPS) is 11.8. The van der Waals surface area contributed by atoms with Gasteiger partial charge in [0.1, 0.15) is 5.75 Å². The van der Waals surface area contributed by atoms with Crippen LogP contribution >= 0.6 is 0 Å². The van der Waals surface area contributed by atoms with E-state index in [1.54, 1.807) is 25.3 Å². The quantitative estimate of drug-likeness (QED) is 0.667. The summed E-state index contributed by atoms with van der Waals surface area (Å²) in [5.74, 6) is -0.483. The van der Waals surface area contributed by atoms with Gasteiger partial charge in [0, 0.05) is 6.42 Å². The number of benzene rings is 3. The SMILES string of the molecule is COc1ccc2cc(C(C)CC(=O)Nc3ccccc3C(=O)O)ccc2c1. The van der Waals surface area contributed by atoms with E-state index in [-0.39, 0.29) is 23.8 Å². The first-order valence-corrected chi connectivity index (χ1v) is 8.68. The summed E-state index contributed by atoms with van der Waals surface area (Å²) < 4.78 is 5.24. The van der Waals surface area contributed by atoms with Gasteiger partial charge < -0.3 is 15.2 Å². The number of carboxylic acid groups (broad SMARTS) is 1. The van der Waals surface area contributed by atoms with Gasteiger partial charge in [-0.3, -0.25) is 4.79 Å². The molecule has 0 bridgehead atoms. The molecule has 0 radical (unpaired) electrons. The van der Waals surface area contributed by atoms with Gasteiger partial charge in [0.25, 0.3) is 0 Å². The Balaban J connectivity index is 1.73. The van der Waals surface area contributed by atoms with Gasteiger partial charge in [-0.25, -0.2) is 4.79 Å². The van der Waals surface area contributed by atoms with Gasteiger partial charge in [-0.15, -0.1) is 0 Å². The van der Waals surface area contributed by atoms with Crippen molar-refractivity contribution in [2.75, 3.05) is 12.4 Å². The Morgan fingerprint density at radius 2 is 1.74 bits per heavy atom. The molecule has 0 aliphatic heterocycles. The number of methoxy groups -OCH3 is 1. The van der Waals surface area contributed by atoms with Crippen molar-refractivity contribution in [1.82, 2.24) is 0 Å². The number of rotatable bonds is 6. The third kappa shape index (κ3) is 4.26. The predicted molar refractivity (Wildman–Crippen MR) is 106 cm³/mol. The van der Waals surface area contributed by atoms with Crippen LogP contribution in [-0.4, -0.2) is 24.1 Å². The Morgan fingerprint density at radius 1 is 1.04 bits per heavy atom. The second kappa shape index (κ2) is 7.91. The van der Waals surface area contributed by atoms with Gasteiger partial charge in [-0.1, -0.05) is 43.3 Å². The van der Waals surface area contributed by atoms with Crippen LogP contribution in [0.2, 0.25) is 0 Å². The monoisotopic (exact) mass is 363 g/mol. The van der Waals surface area contributed by atoms with Crippen molar-refractivity contribution in [1.29, 1.82) is 0 Å². The first-order valence-electron chi connectivity index (χ1n) is 8.68. The third-order valence-corrected chi connectivity index (χ3v) is 4.56. The average Bonchev–Trinajstić information content (AvgIpc) is 2.67. The predicted octanol–water partition coefficient (Wildman–Crippen LogP) is 4.68. The van der Waals surface area contributed by atoms with Crippen molar-refractivity contribution in [3.63, 3.8) is 0 Å². The van der Waals surface area contributed by atoms with Crippen LogP contribution in [0.1, 0.15) is 35.2 Å². The Hall–Kier alpha value is -3.34. The molecule has 0 spiro atoms. The fourth-order valence-electron chi connectivity index (χ4n) is 3.05. The molecular weight excluding hydrogens is 342 g/mol. The summed E-state index contributed by atoms with van der Waals surface area (Å²) in [5, 5.41) is 14.1. The molecule has 2 N–H and O–H groups in total. The van der Waals surface area contributed by atoms with Crippen LogP contribution in [0.15, 0.2) is 60.7 Å². The van der Waals surface area contributed by atoms with Gasteiger partial charge >= 0.3 is 5.97 Å². The topological polar surface area (TPSA) is 75.6 Å². The molecule has 0 aromatic heterocycles. The molecule has 0 aliphatic rings. The van der Waals surface area contributed by atoms with E-state index in [0.717, 1.165) is 22.1 Å². The zero-order valence-electron chi connectivity index (χ0n) is 15.2. The lowest BCUT2D eigenvalue weighted by atomic mass is 9.95. The molecule has 27 heavy (non-hydrogen) atoms. The zero-order valence-corrected chi connectivity index (χ0v) is 15.2. The summed E-state index contributed by atoms with van der Waals surface area (Å²) >= 11 is 0. The van der Waals surface area contributed by atoms with Gasteiger partial charge in [0.15, 0.2) is 0 Å². The second-order valence-electron chi connectivity index (χ2n) is 6.48. The maximum atomic E-state index is 12.4. The Labute approximate surface area is 157 Å². The average molecular weight is 363 g/mol. The highest BCUT2D eigenvalue weighted by Crippen LogP contribution is 2.27. The van der Waals surface area contributed by atoms with Gasteiger partial charge in [-0.05, 0) is 46.5 Å². The van der Waals surface area contributed by atoms with E-state index in [9.17, 15) is 14.7 Å². The van der Waals surface area contributed by atoms with E-state index in [1.165, 1.54) is 6.07 Å². The number of anilines is 1. The van der Waals surface area contributed by atoms with Crippen molar-refractivity contribution in [2.45, 2.75) is 19.3 Å². The summed E-state index contributed by atoms with van der Waals surface area (Å²) in [6.45, 7) is 1.98. The fourth-order valence-corrected chi connectivity index (χ4v) is 3.05. The Morgan fingerprint density at radius 3 is 2.48 bits per heavy atom. The summed E-state index contributed by atoms with van der Waals surface area (Å²) in [7, 11) is 1.64. The summed E-state index contributed by atoms with van der Waals surface area (Å²) in [4.78, 5) is 23.7. The lowest BCUT2D eigenvalue weighted by molar-refractivity contribution is -0.116. The Kier molecular flexibility index (Phi) is 5.41. The highest BCUT2D eigenvalue weighted by molar-refractivity contribution is 6.00. The molecule has 138 valence electrons. The van der Waals surface area contributed by atoms with Crippen LogP contribution in [-0.2, 0) is 4.79 Å². The van der Waals surface area contributed by atoms with Crippen LogP contribution < -0.4 is 10.1 Å². The molecule has 0 saturated carbocycles. The number of hydrogen-bond donors (Lipinski definition) is 2. The number of hydrogen-bond acceptors (Lipinski definition) is 3. The summed E-state index contributed by atoms with van der Waals surface area (Å²) in [6, 6.07) is 18.4. The molecule has 0 heterocycles. The maximum Gasteiger partial charge on any atom is 0.337 e. The minimum atomic E-state index is -1.07. The smallest absolute Gasteiger partial charge is 0.337 e. The maximum absolute atomic E-state index is 12.4. The number of fused-ring (bicyclic) bond motifs is 1. The van der Waals surface area contributed by atoms with E-state index < -0.39 is 5.97 Å². The summed E-state index contributed by atoms with van der Waals surface area (Å²) in [6.07, 6.45) is 0.260. The molecule has 5 nitrogen and oxygen atoms in total. The lowest BCUT2D eigenvalue weighted by Crippen LogP contribution is -2.16. The first kappa shape index (κ1) is 18.5. The van der Waals surface area contributed by atoms with E-state index in [2.05, 4.69) is 11.4 Å². The number of carbonyl (C=O) groups is 2. The largest absolute Gasteiger partial charge is 0.497 e. The van der Waals surface area contributed by atoms with Crippen molar-refractivity contribution >= 4 is 28.3 Å². The molecule has 3 rings (SSSR count). The zero-order chi connectivity index (χ0) is 19.4. The van der Waals surface area contributed by atoms with E-state index in [1.807, 2.05) is 37.3 Å². The molecule has 1 amide bonds. The van der Waals surface area contributed by atoms with Gasteiger partial charge in [0.05, 0.1) is 18.4 Å². The van der Waals surface area contributed by atoms with E-state index >= 15 is 0 Å². The first-order chi connectivity index (χ1) is 13.0. The van der Waals surface area contributed by atoms with Crippen molar-refractivity contribution in [3.8, 4) is 5.75 Å². The second-order valence-corrected chi connectivity index (χ2v) is 6.48. The molecule has 3 aromatic carbocycles. The molecule has 0 fully saturated rings. The van der Waals surface area contributed by atoms with Crippen LogP contribution in [0.25, 0.3) is 10.8 Å². The lowest BCUT2D eigenvalue weighted by Gasteiger charge is -2.14. The minimum Gasteiger partial charge on any atom is -0.497 e. The molecule has 0 saturated heterocycles. The number of para-hydroxylation sites is 1. The molecule has 0 aliphatic carbocycles. The van der Waals surface area contributed by atoms with E-state index in [0.29, 0.717) is 5.69 Å². The Bertz CT molecular complexity index is 997. The van der Waals surface area contributed by atoms with Crippen LogP contribution in [0.5, 0.6) is 5.75 Å². The van der Waals surface area contributed by atoms with Crippen molar-refractivity contribution in [3.05, 3.63) is 71.8 Å². The van der Waals surface area contributed by atoms with Crippen LogP contribution in [0, 0.1) is 0 Å². The standard InChI is InChI=1S/C22H21NO4/c1-14(11-21(24)23-20-6-4-3-5-19(20)22(25)26)15-7-8-17-13-18(27-2)10-9-16(17)12-15/h3-10,12-14H,11H2,1-2H3,(H,23,24)(H,25,26). The molecule has 3 aromatic rings. The number of carboxylic acids is 1. The van der Waals surface area contributed by atoms with Gasteiger partial charge in [0.2, 0.25) is 5.91 Å². The third-order valence-electron chi connectivity index (χ3n) is 4.56. The van der Waals surface area contributed by atoms with Crippen LogP contribution in [0.4, 0.5) is 5.69 Å². The number of carbonyl (C=O) groups excluding carboxylic acids is 1. The molecular formula is C22H21NO4. The fraction of sp³-hybridized carbons (Fsp3) is 0.182. The number of aromatic carboxylic acids is 1. The number of amides is 1. The minimum absolute atomic E-state index is 0.00603. The number of ether oxygens (including phenoxy) is 1. The van der Waals surface area contributed by atoms with Crippen molar-refractivity contribution in [2.24, 2.45) is 0 Å². The highest BCUT2D eigenvalue weighted by Gasteiger charge is 2.15. The highest BCUT2D eigenvalue weighted by atomic mass is 16.5. The molecule has 5 heteroatoms. The van der Waals surface area contributed by atoms with E-state index in [4.69, 9.17) is 4.74 Å². The molecule has 1 unspecified atom stereocenters. The number of nitrogens with one attached hydrogen (secondary N) is 1. The molecule has 1 atom stereocenters. The van der Waals surface area contributed by atoms with Crippen molar-refractivity contribution < 1.29 is 19.4 Å².